The van der Waals surface area contributed by atoms with Crippen LogP contribution in [0.2, 0.25) is 0 Å². The van der Waals surface area contributed by atoms with Crippen molar-refractivity contribution in [2.45, 2.75) is 5.41 Å². The Morgan fingerprint density at radius 2 is 0.871 bits per heavy atom. The zero-order chi connectivity index (χ0) is 45.9. The van der Waals surface area contributed by atoms with Gasteiger partial charge in [0.15, 0.2) is 0 Å². The molecule has 0 aliphatic heterocycles. The van der Waals surface area contributed by atoms with Crippen LogP contribution in [0.15, 0.2) is 259 Å². The monoisotopic (exact) mass is 890 g/mol. The number of rotatable bonds is 6. The lowest BCUT2D eigenvalue weighted by Crippen LogP contribution is -2.26. The van der Waals surface area contributed by atoms with Crippen LogP contribution in [0.4, 0.5) is 17.1 Å². The summed E-state index contributed by atoms with van der Waals surface area (Å²) >= 11 is 0. The summed E-state index contributed by atoms with van der Waals surface area (Å²) in [5.74, 6) is 0. The minimum Gasteiger partial charge on any atom is -0.456 e. The summed E-state index contributed by atoms with van der Waals surface area (Å²) in [4.78, 5) is 2.53. The highest BCUT2D eigenvalue weighted by atomic mass is 16.3. The van der Waals surface area contributed by atoms with Gasteiger partial charge in [-0.1, -0.05) is 188 Å². The highest BCUT2D eigenvalue weighted by molar-refractivity contribution is 6.16. The summed E-state index contributed by atoms with van der Waals surface area (Å²) in [6, 6.07) is 93.5. The molecule has 326 valence electrons. The second-order valence-corrected chi connectivity index (χ2v) is 18.7. The Hall–Kier alpha value is -9.18. The van der Waals surface area contributed by atoms with Crippen LogP contribution in [0.25, 0.3) is 93.9 Å². The van der Waals surface area contributed by atoms with Crippen LogP contribution in [0.5, 0.6) is 0 Å². The van der Waals surface area contributed by atoms with Gasteiger partial charge in [-0.05, 0) is 122 Å². The van der Waals surface area contributed by atoms with E-state index in [4.69, 9.17) is 4.42 Å². The van der Waals surface area contributed by atoms with Crippen molar-refractivity contribution in [3.8, 4) is 50.2 Å². The zero-order valence-corrected chi connectivity index (χ0v) is 38.1. The van der Waals surface area contributed by atoms with Gasteiger partial charge >= 0.3 is 0 Å². The highest BCUT2D eigenvalue weighted by Crippen LogP contribution is 2.65. The Morgan fingerprint density at radius 3 is 1.64 bits per heavy atom. The molecule has 2 aliphatic rings. The average Bonchev–Trinajstić information content (AvgIpc) is 4.15. The topological polar surface area (TPSA) is 21.3 Å². The molecule has 13 aromatic rings. The van der Waals surface area contributed by atoms with Gasteiger partial charge in [-0.2, -0.15) is 0 Å². The van der Waals surface area contributed by atoms with Gasteiger partial charge in [0.1, 0.15) is 11.2 Å². The van der Waals surface area contributed by atoms with E-state index in [1.807, 2.05) is 0 Å². The van der Waals surface area contributed by atoms with E-state index in [0.29, 0.717) is 0 Å². The van der Waals surface area contributed by atoms with Crippen molar-refractivity contribution >= 4 is 60.8 Å². The number of benzene rings is 11. The molecule has 11 aromatic carbocycles. The largest absolute Gasteiger partial charge is 0.456 e. The molecule has 2 aromatic heterocycles. The smallest absolute Gasteiger partial charge is 0.137 e. The molecule has 1 spiro atoms. The van der Waals surface area contributed by atoms with Crippen molar-refractivity contribution in [2.24, 2.45) is 0 Å². The van der Waals surface area contributed by atoms with Gasteiger partial charge in [-0.25, -0.2) is 0 Å². The van der Waals surface area contributed by atoms with Crippen LogP contribution in [0.3, 0.4) is 0 Å². The Kier molecular flexibility index (Phi) is 8.28. The van der Waals surface area contributed by atoms with Crippen molar-refractivity contribution in [3.63, 3.8) is 0 Å². The van der Waals surface area contributed by atoms with Gasteiger partial charge in [0.25, 0.3) is 0 Å². The van der Waals surface area contributed by atoms with E-state index in [1.54, 1.807) is 0 Å². The van der Waals surface area contributed by atoms with Gasteiger partial charge in [0.2, 0.25) is 0 Å². The van der Waals surface area contributed by atoms with Gasteiger partial charge in [0, 0.05) is 33.0 Å². The lowest BCUT2D eigenvalue weighted by atomic mass is 9.70. The molecule has 0 bridgehead atoms. The lowest BCUT2D eigenvalue weighted by Gasteiger charge is -2.32. The van der Waals surface area contributed by atoms with E-state index in [0.717, 1.165) is 66.9 Å². The maximum Gasteiger partial charge on any atom is 0.137 e. The number of nitrogens with zero attached hydrogens (tertiary/aromatic N) is 2. The first kappa shape index (κ1) is 38.9. The lowest BCUT2D eigenvalue weighted by molar-refractivity contribution is 0.669. The first-order chi connectivity index (χ1) is 34.8. The molecule has 0 fully saturated rings. The number of para-hydroxylation sites is 3. The third kappa shape index (κ3) is 5.34. The van der Waals surface area contributed by atoms with Crippen molar-refractivity contribution < 1.29 is 4.42 Å². The van der Waals surface area contributed by atoms with Crippen molar-refractivity contribution in [2.75, 3.05) is 4.90 Å². The molecule has 70 heavy (non-hydrogen) atoms. The first-order valence-electron chi connectivity index (χ1n) is 24.2. The van der Waals surface area contributed by atoms with Crippen LogP contribution < -0.4 is 4.90 Å². The van der Waals surface area contributed by atoms with Crippen molar-refractivity contribution in [1.29, 1.82) is 0 Å². The molecule has 15 rings (SSSR count). The third-order valence-electron chi connectivity index (χ3n) is 15.2. The molecule has 2 heterocycles. The molecule has 0 amide bonds. The SMILES string of the molecule is c1ccc(-c2ccccc2N(c2cccc3c2-c2ccccc2C32c3ccccc3-c3ccccc32)c2cccc3oc4ccc(-c5ccc6c(c5)c5ccccc5n6-c5ccccc5)cc4c23)cc1. The minimum atomic E-state index is -0.489. The number of fused-ring (bicyclic) bond motifs is 16. The molecule has 0 unspecified atom stereocenters. The zero-order valence-electron chi connectivity index (χ0n) is 38.1. The van der Waals surface area contributed by atoms with Gasteiger partial charge in [0.05, 0.1) is 38.9 Å². The number of hydrogen-bond donors (Lipinski definition) is 0. The Balaban J connectivity index is 0.993. The van der Waals surface area contributed by atoms with Crippen molar-refractivity contribution in [1.82, 2.24) is 4.57 Å². The Morgan fingerprint density at radius 1 is 0.329 bits per heavy atom. The average molecular weight is 891 g/mol. The summed E-state index contributed by atoms with van der Waals surface area (Å²) in [5, 5.41) is 4.60. The normalized spacial score (nSPS) is 13.0. The highest BCUT2D eigenvalue weighted by Gasteiger charge is 2.52. The fourth-order valence-corrected chi connectivity index (χ4v) is 12.4. The van der Waals surface area contributed by atoms with Crippen LogP contribution in [-0.2, 0) is 5.41 Å². The van der Waals surface area contributed by atoms with Crippen LogP contribution in [0, 0.1) is 0 Å². The minimum absolute atomic E-state index is 0.489. The van der Waals surface area contributed by atoms with Crippen LogP contribution in [0.1, 0.15) is 22.3 Å². The Bertz CT molecular complexity index is 4210. The first-order valence-corrected chi connectivity index (χ1v) is 24.2. The molecule has 0 radical (unpaired) electrons. The molecule has 2 aliphatic carbocycles. The number of anilines is 3. The third-order valence-corrected chi connectivity index (χ3v) is 15.2. The second kappa shape index (κ2) is 14.9. The van der Waals surface area contributed by atoms with E-state index < -0.39 is 5.41 Å². The molecule has 0 atom stereocenters. The fraction of sp³-hybridized carbons (Fsp3) is 0.0149. The molecule has 3 heteroatoms. The van der Waals surface area contributed by atoms with E-state index in [-0.39, 0.29) is 0 Å². The molecule has 0 saturated carbocycles. The van der Waals surface area contributed by atoms with Crippen molar-refractivity contribution in [3.05, 3.63) is 277 Å². The second-order valence-electron chi connectivity index (χ2n) is 18.7. The summed E-state index contributed by atoms with van der Waals surface area (Å²) in [6.07, 6.45) is 0. The molecular weight excluding hydrogens is 849 g/mol. The van der Waals surface area contributed by atoms with Crippen LogP contribution >= 0.6 is 0 Å². The summed E-state index contributed by atoms with van der Waals surface area (Å²) in [7, 11) is 0. The number of hydrogen-bond acceptors (Lipinski definition) is 2. The fourth-order valence-electron chi connectivity index (χ4n) is 12.4. The molecule has 3 nitrogen and oxygen atoms in total. The summed E-state index contributed by atoms with van der Waals surface area (Å²) in [5.41, 5.74) is 22.9. The van der Waals surface area contributed by atoms with E-state index in [2.05, 4.69) is 264 Å². The summed E-state index contributed by atoms with van der Waals surface area (Å²) in [6.45, 7) is 0. The number of furan rings is 1. The van der Waals surface area contributed by atoms with E-state index in [1.165, 1.54) is 66.3 Å². The van der Waals surface area contributed by atoms with Crippen LogP contribution in [-0.4, -0.2) is 4.57 Å². The van der Waals surface area contributed by atoms with E-state index >= 15 is 0 Å². The molecule has 0 N–H and O–H groups in total. The molecular formula is C67H42N2O. The number of aromatic nitrogens is 1. The Labute approximate surface area is 405 Å². The summed E-state index contributed by atoms with van der Waals surface area (Å²) < 4.78 is 9.25. The van der Waals surface area contributed by atoms with E-state index in [9.17, 15) is 0 Å². The van der Waals surface area contributed by atoms with Gasteiger partial charge in [-0.3, -0.25) is 0 Å². The maximum atomic E-state index is 6.87. The van der Waals surface area contributed by atoms with Gasteiger partial charge < -0.3 is 13.9 Å². The predicted molar refractivity (Wildman–Crippen MR) is 290 cm³/mol. The van der Waals surface area contributed by atoms with Gasteiger partial charge in [-0.15, -0.1) is 0 Å². The maximum absolute atomic E-state index is 6.87. The quantitative estimate of drug-likeness (QED) is 0.166. The molecule has 0 saturated heterocycles. The predicted octanol–water partition coefficient (Wildman–Crippen LogP) is 17.8. The standard InChI is InChI=1S/C67H42N2O/c1-3-19-43(20-4-1)47-23-10-15-32-58(47)69(61-34-17-31-57-65(61)51-27-9-14-30-56(51)67(57)54-28-12-7-24-48(54)49-25-8-13-29-55(49)67)62-35-18-36-64-66(62)53-42-45(38-40-63(53)70-64)44-37-39-60-52(41-44)50-26-11-16-33-59(50)68(60)46-21-5-2-6-22-46/h1-42H.